The van der Waals surface area contributed by atoms with Gasteiger partial charge in [-0.05, 0) is 33.2 Å². The van der Waals surface area contributed by atoms with Crippen molar-refractivity contribution >= 4 is 5.91 Å². The second-order valence-electron chi connectivity index (χ2n) is 4.65. The van der Waals surface area contributed by atoms with E-state index in [1.807, 2.05) is 6.92 Å². The molecule has 15 heavy (non-hydrogen) atoms. The van der Waals surface area contributed by atoms with Gasteiger partial charge in [0, 0.05) is 12.6 Å². The predicted molar refractivity (Wildman–Crippen MR) is 59.7 cm³/mol. The third-order valence-corrected chi connectivity index (χ3v) is 2.60. The number of likely N-dealkylation sites (N-methyl/N-ethyl adjacent to an activating group) is 1. The number of amides is 1. The molecule has 0 aromatic heterocycles. The van der Waals surface area contributed by atoms with Gasteiger partial charge in [-0.3, -0.25) is 4.79 Å². The highest BCUT2D eigenvalue weighted by molar-refractivity contribution is 5.78. The number of nitrogens with one attached hydrogen (secondary N) is 2. The number of carbonyl (C=O) groups excluding carboxylic acids is 1. The fourth-order valence-corrected chi connectivity index (χ4v) is 1.87. The summed E-state index contributed by atoms with van der Waals surface area (Å²) in [6, 6.07) is 0.264. The zero-order valence-corrected chi connectivity index (χ0v) is 9.93. The second-order valence-corrected chi connectivity index (χ2v) is 4.65. The van der Waals surface area contributed by atoms with Crippen LogP contribution in [0.15, 0.2) is 0 Å². The van der Waals surface area contributed by atoms with Crippen molar-refractivity contribution in [3.63, 3.8) is 0 Å². The van der Waals surface area contributed by atoms with Gasteiger partial charge in [-0.15, -0.1) is 0 Å². The molecule has 1 heterocycles. The highest BCUT2D eigenvalue weighted by Gasteiger charge is 2.29. The monoisotopic (exact) mass is 214 g/mol. The minimum absolute atomic E-state index is 0.0829. The van der Waals surface area contributed by atoms with Crippen LogP contribution >= 0.6 is 0 Å². The van der Waals surface area contributed by atoms with Gasteiger partial charge in [0.05, 0.1) is 12.1 Å². The zero-order valence-electron chi connectivity index (χ0n) is 9.93. The van der Waals surface area contributed by atoms with Gasteiger partial charge in [0.25, 0.3) is 0 Å². The van der Waals surface area contributed by atoms with E-state index >= 15 is 0 Å². The first-order valence-electron chi connectivity index (χ1n) is 5.67. The van der Waals surface area contributed by atoms with Crippen LogP contribution in [0.3, 0.4) is 0 Å². The Bertz CT molecular complexity index is 217. The summed E-state index contributed by atoms with van der Waals surface area (Å²) in [5, 5.41) is 6.04. The van der Waals surface area contributed by atoms with Crippen LogP contribution < -0.4 is 10.6 Å². The molecule has 0 bridgehead atoms. The first-order valence-corrected chi connectivity index (χ1v) is 5.67. The Hall–Kier alpha value is -0.610. The van der Waals surface area contributed by atoms with Gasteiger partial charge >= 0.3 is 0 Å². The number of ether oxygens (including phenoxy) is 1. The Morgan fingerprint density at radius 2 is 2.27 bits per heavy atom. The van der Waals surface area contributed by atoms with E-state index in [0.29, 0.717) is 6.54 Å². The molecule has 4 heteroatoms. The van der Waals surface area contributed by atoms with Gasteiger partial charge in [-0.25, -0.2) is 0 Å². The highest BCUT2D eigenvalue weighted by atomic mass is 16.5. The number of hydrogen-bond donors (Lipinski definition) is 2. The van der Waals surface area contributed by atoms with Gasteiger partial charge in [-0.2, -0.15) is 0 Å². The zero-order chi connectivity index (χ0) is 11.3. The van der Waals surface area contributed by atoms with Crippen molar-refractivity contribution in [2.24, 2.45) is 0 Å². The molecule has 0 spiro atoms. The molecule has 0 aliphatic carbocycles. The van der Waals surface area contributed by atoms with Crippen molar-refractivity contribution in [1.82, 2.24) is 10.6 Å². The summed E-state index contributed by atoms with van der Waals surface area (Å²) in [4.78, 5) is 11.5. The molecule has 1 aliphatic heterocycles. The van der Waals surface area contributed by atoms with E-state index in [2.05, 4.69) is 24.5 Å². The fourth-order valence-electron chi connectivity index (χ4n) is 1.87. The molecule has 1 aliphatic rings. The summed E-state index contributed by atoms with van der Waals surface area (Å²) in [5.74, 6) is 0.0829. The molecule has 0 radical (unpaired) electrons. The summed E-state index contributed by atoms with van der Waals surface area (Å²) in [5.41, 5.74) is -0.103. The molecule has 0 aromatic rings. The number of rotatable bonds is 4. The van der Waals surface area contributed by atoms with Crippen molar-refractivity contribution in [2.75, 3.05) is 19.7 Å². The SMILES string of the molecule is CCNCC(=O)NC1CCOC(C)(C)C1. The summed E-state index contributed by atoms with van der Waals surface area (Å²) in [6.45, 7) is 8.09. The van der Waals surface area contributed by atoms with Crippen LogP contribution in [0.5, 0.6) is 0 Å². The molecule has 0 aromatic carbocycles. The lowest BCUT2D eigenvalue weighted by Gasteiger charge is -2.35. The predicted octanol–water partition coefficient (Wildman–Crippen LogP) is 0.670. The average Bonchev–Trinajstić information content (AvgIpc) is 2.13. The van der Waals surface area contributed by atoms with Gasteiger partial charge in [0.1, 0.15) is 0 Å². The Kier molecular flexibility index (Phi) is 4.54. The largest absolute Gasteiger partial charge is 0.375 e. The first-order chi connectivity index (χ1) is 7.03. The van der Waals surface area contributed by atoms with Gasteiger partial charge in [-0.1, -0.05) is 6.92 Å². The summed E-state index contributed by atoms with van der Waals surface area (Å²) < 4.78 is 5.59. The highest BCUT2D eigenvalue weighted by Crippen LogP contribution is 2.23. The van der Waals surface area contributed by atoms with Crippen molar-refractivity contribution in [3.8, 4) is 0 Å². The van der Waals surface area contributed by atoms with Crippen molar-refractivity contribution < 1.29 is 9.53 Å². The van der Waals surface area contributed by atoms with Crippen molar-refractivity contribution in [1.29, 1.82) is 0 Å². The summed E-state index contributed by atoms with van der Waals surface area (Å²) >= 11 is 0. The standard InChI is InChI=1S/C11H22N2O2/c1-4-12-8-10(14)13-9-5-6-15-11(2,3)7-9/h9,12H,4-8H2,1-3H3,(H,13,14). The fraction of sp³-hybridized carbons (Fsp3) is 0.909. The summed E-state index contributed by atoms with van der Waals surface area (Å²) in [7, 11) is 0. The van der Waals surface area contributed by atoms with Crippen LogP contribution in [0.2, 0.25) is 0 Å². The molecular formula is C11H22N2O2. The van der Waals surface area contributed by atoms with Gasteiger partial charge < -0.3 is 15.4 Å². The van der Waals surface area contributed by atoms with Crippen LogP contribution in [0, 0.1) is 0 Å². The third-order valence-electron chi connectivity index (χ3n) is 2.60. The van der Waals surface area contributed by atoms with Crippen LogP contribution in [0.25, 0.3) is 0 Å². The van der Waals surface area contributed by atoms with E-state index in [9.17, 15) is 4.79 Å². The van der Waals surface area contributed by atoms with E-state index < -0.39 is 0 Å². The minimum atomic E-state index is -0.103. The molecule has 1 unspecified atom stereocenters. The number of carbonyl (C=O) groups is 1. The van der Waals surface area contributed by atoms with Crippen LogP contribution in [0.4, 0.5) is 0 Å². The number of hydrogen-bond acceptors (Lipinski definition) is 3. The first kappa shape index (κ1) is 12.5. The maximum absolute atomic E-state index is 11.5. The molecule has 88 valence electrons. The summed E-state index contributed by atoms with van der Waals surface area (Å²) in [6.07, 6.45) is 1.81. The van der Waals surface area contributed by atoms with Crippen LogP contribution in [-0.2, 0) is 9.53 Å². The van der Waals surface area contributed by atoms with Crippen LogP contribution in [-0.4, -0.2) is 37.2 Å². The lowest BCUT2D eigenvalue weighted by Crippen LogP contribution is -2.47. The molecule has 4 nitrogen and oxygen atoms in total. The van der Waals surface area contributed by atoms with Crippen LogP contribution in [0.1, 0.15) is 33.6 Å². The molecule has 1 amide bonds. The van der Waals surface area contributed by atoms with Gasteiger partial charge in [0.2, 0.25) is 5.91 Å². The molecule has 0 saturated carbocycles. The Morgan fingerprint density at radius 1 is 1.53 bits per heavy atom. The quantitative estimate of drug-likeness (QED) is 0.723. The molecular weight excluding hydrogens is 192 g/mol. The van der Waals surface area contributed by atoms with E-state index in [4.69, 9.17) is 4.74 Å². The topological polar surface area (TPSA) is 50.4 Å². The maximum Gasteiger partial charge on any atom is 0.234 e. The second kappa shape index (κ2) is 5.47. The Morgan fingerprint density at radius 3 is 2.87 bits per heavy atom. The van der Waals surface area contributed by atoms with Crippen molar-refractivity contribution in [3.05, 3.63) is 0 Å². The van der Waals surface area contributed by atoms with Crippen molar-refractivity contribution in [2.45, 2.75) is 45.3 Å². The van der Waals surface area contributed by atoms with E-state index in [0.717, 1.165) is 26.0 Å². The van der Waals surface area contributed by atoms with E-state index in [-0.39, 0.29) is 17.6 Å². The maximum atomic E-state index is 11.5. The smallest absolute Gasteiger partial charge is 0.234 e. The minimum Gasteiger partial charge on any atom is -0.375 e. The third kappa shape index (κ3) is 4.62. The average molecular weight is 214 g/mol. The van der Waals surface area contributed by atoms with E-state index in [1.165, 1.54) is 0 Å². The Labute approximate surface area is 91.8 Å². The molecule has 2 N–H and O–H groups in total. The molecule has 1 rings (SSSR count). The van der Waals surface area contributed by atoms with Gasteiger partial charge in [0.15, 0.2) is 0 Å². The van der Waals surface area contributed by atoms with E-state index in [1.54, 1.807) is 0 Å². The molecule has 1 fully saturated rings. The lowest BCUT2D eigenvalue weighted by molar-refractivity contribution is -0.123. The molecule has 1 saturated heterocycles. The Balaban J connectivity index is 2.28. The lowest BCUT2D eigenvalue weighted by atomic mass is 9.94. The molecule has 1 atom stereocenters. The normalized spacial score (nSPS) is 24.9.